The van der Waals surface area contributed by atoms with Crippen molar-refractivity contribution in [1.29, 1.82) is 0 Å². The smallest absolute Gasteiger partial charge is 0.280 e. The van der Waals surface area contributed by atoms with Crippen LogP contribution in [-0.2, 0) is 4.79 Å². The first kappa shape index (κ1) is 19.0. The van der Waals surface area contributed by atoms with Crippen molar-refractivity contribution in [1.82, 2.24) is 0 Å². The second kappa shape index (κ2) is 8.27. The van der Waals surface area contributed by atoms with E-state index < -0.39 is 0 Å². The molecule has 1 heterocycles. The van der Waals surface area contributed by atoms with E-state index in [1.165, 1.54) is 5.01 Å². The first-order valence-corrected chi connectivity index (χ1v) is 9.18. The van der Waals surface area contributed by atoms with Crippen LogP contribution in [0.4, 0.5) is 5.69 Å². The Morgan fingerprint density at radius 3 is 2.48 bits per heavy atom. The van der Waals surface area contributed by atoms with Crippen LogP contribution in [0.2, 0.25) is 5.02 Å². The predicted octanol–water partition coefficient (Wildman–Crippen LogP) is 4.94. The highest BCUT2D eigenvalue weighted by Gasteiger charge is 2.29. The summed E-state index contributed by atoms with van der Waals surface area (Å²) in [6.07, 6.45) is 1.80. The van der Waals surface area contributed by atoms with Crippen LogP contribution in [0.1, 0.15) is 26.3 Å². The molecule has 0 radical (unpaired) electrons. The van der Waals surface area contributed by atoms with Gasteiger partial charge in [-0.1, -0.05) is 29.8 Å². The molecule has 0 spiro atoms. The van der Waals surface area contributed by atoms with Gasteiger partial charge in [0.2, 0.25) is 0 Å². The molecule has 27 heavy (non-hydrogen) atoms. The highest BCUT2D eigenvalue weighted by Crippen LogP contribution is 2.32. The monoisotopic (exact) mass is 384 g/mol. The second-order valence-electron chi connectivity index (χ2n) is 5.88. The minimum atomic E-state index is -0.215. The van der Waals surface area contributed by atoms with Crippen molar-refractivity contribution >= 4 is 35.0 Å². The third kappa shape index (κ3) is 3.98. The van der Waals surface area contributed by atoms with Crippen LogP contribution in [-0.4, -0.2) is 24.8 Å². The molecule has 140 valence electrons. The highest BCUT2D eigenvalue weighted by atomic mass is 35.5. The molecule has 1 aliphatic heterocycles. The van der Waals surface area contributed by atoms with Crippen molar-refractivity contribution < 1.29 is 14.3 Å². The number of ether oxygens (including phenoxy) is 2. The number of hydrazone groups is 1. The molecule has 1 aliphatic rings. The van der Waals surface area contributed by atoms with Crippen molar-refractivity contribution in [2.24, 2.45) is 5.10 Å². The Morgan fingerprint density at radius 2 is 1.78 bits per heavy atom. The Hall–Kier alpha value is -2.79. The lowest BCUT2D eigenvalue weighted by Gasteiger charge is -2.13. The molecule has 0 aromatic heterocycles. The third-order valence-electron chi connectivity index (χ3n) is 4.02. The van der Waals surface area contributed by atoms with E-state index in [1.54, 1.807) is 25.1 Å². The van der Waals surface area contributed by atoms with E-state index in [1.807, 2.05) is 44.2 Å². The molecule has 1 amide bonds. The second-order valence-corrected chi connectivity index (χ2v) is 6.29. The third-order valence-corrected chi connectivity index (χ3v) is 4.34. The standard InChI is InChI=1S/C21H21ClN2O3/c1-4-26-19-11-10-15(13-20(19)27-5-2)12-16-14(3)23-24(21(16)25)18-9-7-6-8-17(18)22/h6-13H,4-5H2,1-3H3/b16-12+. The number of anilines is 1. The first-order chi connectivity index (χ1) is 13.0. The zero-order chi connectivity index (χ0) is 19.4. The minimum Gasteiger partial charge on any atom is -0.490 e. The molecule has 0 N–H and O–H groups in total. The summed E-state index contributed by atoms with van der Waals surface area (Å²) in [4.78, 5) is 12.9. The number of carbonyl (C=O) groups excluding carboxylic acids is 1. The van der Waals surface area contributed by atoms with E-state index in [9.17, 15) is 4.79 Å². The largest absolute Gasteiger partial charge is 0.490 e. The van der Waals surface area contributed by atoms with Crippen LogP contribution < -0.4 is 14.5 Å². The van der Waals surface area contributed by atoms with E-state index in [0.717, 1.165) is 5.56 Å². The lowest BCUT2D eigenvalue weighted by Crippen LogP contribution is -2.21. The lowest BCUT2D eigenvalue weighted by molar-refractivity contribution is -0.114. The molecule has 3 rings (SSSR count). The van der Waals surface area contributed by atoms with Gasteiger partial charge in [-0.15, -0.1) is 0 Å². The number of benzene rings is 2. The fourth-order valence-corrected chi connectivity index (χ4v) is 3.01. The van der Waals surface area contributed by atoms with Crippen LogP contribution in [0.15, 0.2) is 53.1 Å². The van der Waals surface area contributed by atoms with Gasteiger partial charge < -0.3 is 9.47 Å². The molecule has 0 saturated carbocycles. The average Bonchev–Trinajstić information content (AvgIpc) is 2.93. The number of hydrogen-bond acceptors (Lipinski definition) is 4. The van der Waals surface area contributed by atoms with Crippen molar-refractivity contribution in [3.63, 3.8) is 0 Å². The first-order valence-electron chi connectivity index (χ1n) is 8.81. The molecule has 0 bridgehead atoms. The van der Waals surface area contributed by atoms with Gasteiger partial charge in [0.25, 0.3) is 5.91 Å². The molecule has 6 heteroatoms. The Balaban J connectivity index is 1.94. The summed E-state index contributed by atoms with van der Waals surface area (Å²) in [5.41, 5.74) is 2.54. The number of halogens is 1. The SMILES string of the molecule is CCOc1ccc(/C=C2/C(=O)N(c3ccccc3Cl)N=C2C)cc1OCC. The van der Waals surface area contributed by atoms with Crippen LogP contribution in [0.25, 0.3) is 6.08 Å². The van der Waals surface area contributed by atoms with Crippen molar-refractivity contribution in [3.05, 3.63) is 58.6 Å². The van der Waals surface area contributed by atoms with Crippen molar-refractivity contribution in [2.75, 3.05) is 18.2 Å². The van der Waals surface area contributed by atoms with Gasteiger partial charge in [0, 0.05) is 0 Å². The Bertz CT molecular complexity index is 921. The van der Waals surface area contributed by atoms with Gasteiger partial charge in [0.1, 0.15) is 0 Å². The molecular weight excluding hydrogens is 364 g/mol. The van der Waals surface area contributed by atoms with Crippen LogP contribution >= 0.6 is 11.6 Å². The summed E-state index contributed by atoms with van der Waals surface area (Å²) in [7, 11) is 0. The fraction of sp³-hybridized carbons (Fsp3) is 0.238. The fourth-order valence-electron chi connectivity index (χ4n) is 2.80. The lowest BCUT2D eigenvalue weighted by atomic mass is 10.1. The van der Waals surface area contributed by atoms with Gasteiger partial charge in [-0.25, -0.2) is 0 Å². The summed E-state index contributed by atoms with van der Waals surface area (Å²) in [5, 5.41) is 6.19. The van der Waals surface area contributed by atoms with E-state index in [0.29, 0.717) is 46.7 Å². The molecule has 2 aromatic carbocycles. The Morgan fingerprint density at radius 1 is 1.07 bits per heavy atom. The van der Waals surface area contributed by atoms with E-state index in [-0.39, 0.29) is 5.91 Å². The normalized spacial score (nSPS) is 15.3. The van der Waals surface area contributed by atoms with Gasteiger partial charge in [-0.2, -0.15) is 10.1 Å². The molecule has 0 saturated heterocycles. The van der Waals surface area contributed by atoms with Crippen molar-refractivity contribution in [3.8, 4) is 11.5 Å². The number of rotatable bonds is 6. The minimum absolute atomic E-state index is 0.215. The van der Waals surface area contributed by atoms with Crippen LogP contribution in [0.3, 0.4) is 0 Å². The molecule has 0 unspecified atom stereocenters. The molecule has 0 fully saturated rings. The Labute approximate surface area is 163 Å². The van der Waals surface area contributed by atoms with Gasteiger partial charge in [-0.3, -0.25) is 4.79 Å². The van der Waals surface area contributed by atoms with Crippen molar-refractivity contribution in [2.45, 2.75) is 20.8 Å². The number of nitrogens with zero attached hydrogens (tertiary/aromatic N) is 2. The van der Waals surface area contributed by atoms with Crippen LogP contribution in [0.5, 0.6) is 11.5 Å². The summed E-state index contributed by atoms with van der Waals surface area (Å²) >= 11 is 6.21. The number of para-hydroxylation sites is 1. The predicted molar refractivity (Wildman–Crippen MR) is 109 cm³/mol. The van der Waals surface area contributed by atoms with E-state index in [2.05, 4.69) is 5.10 Å². The van der Waals surface area contributed by atoms with Crippen LogP contribution in [0, 0.1) is 0 Å². The quantitative estimate of drug-likeness (QED) is 0.662. The summed E-state index contributed by atoms with van der Waals surface area (Å²) in [6, 6.07) is 12.7. The van der Waals surface area contributed by atoms with Gasteiger partial charge in [0.05, 0.1) is 35.2 Å². The summed E-state index contributed by atoms with van der Waals surface area (Å²) < 4.78 is 11.2. The number of hydrogen-bond donors (Lipinski definition) is 0. The van der Waals surface area contributed by atoms with Gasteiger partial charge in [-0.05, 0) is 56.7 Å². The number of carbonyl (C=O) groups is 1. The maximum absolute atomic E-state index is 12.9. The molecule has 0 aliphatic carbocycles. The topological polar surface area (TPSA) is 51.1 Å². The molecule has 5 nitrogen and oxygen atoms in total. The van der Waals surface area contributed by atoms with E-state index >= 15 is 0 Å². The molecule has 2 aromatic rings. The Kier molecular flexibility index (Phi) is 5.81. The molecular formula is C21H21ClN2O3. The van der Waals surface area contributed by atoms with Gasteiger partial charge >= 0.3 is 0 Å². The highest BCUT2D eigenvalue weighted by molar-refractivity contribution is 6.37. The number of amides is 1. The summed E-state index contributed by atoms with van der Waals surface area (Å²) in [5.74, 6) is 1.12. The maximum atomic E-state index is 12.9. The maximum Gasteiger partial charge on any atom is 0.280 e. The average molecular weight is 385 g/mol. The van der Waals surface area contributed by atoms with Gasteiger partial charge in [0.15, 0.2) is 11.5 Å². The summed E-state index contributed by atoms with van der Waals surface area (Å²) in [6.45, 7) is 6.72. The molecule has 0 atom stereocenters. The zero-order valence-electron chi connectivity index (χ0n) is 15.5. The zero-order valence-corrected chi connectivity index (χ0v) is 16.3. The van der Waals surface area contributed by atoms with E-state index in [4.69, 9.17) is 21.1 Å².